The van der Waals surface area contributed by atoms with E-state index in [1.807, 2.05) is 11.0 Å². The number of hydrogen-bond acceptors (Lipinski definition) is 3. The largest absolute Gasteiger partial charge is 0.334 e. The van der Waals surface area contributed by atoms with E-state index in [2.05, 4.69) is 18.8 Å². The predicted molar refractivity (Wildman–Crippen MR) is 71.0 cm³/mol. The van der Waals surface area contributed by atoms with Gasteiger partial charge in [0.25, 0.3) is 5.91 Å². The number of nitrogens with two attached hydrogens (primary N) is 1. The van der Waals surface area contributed by atoms with E-state index in [1.54, 1.807) is 12.3 Å². The molecule has 2 heterocycles. The van der Waals surface area contributed by atoms with Gasteiger partial charge in [-0.2, -0.15) is 0 Å². The molecule has 1 saturated heterocycles. The standard InChI is InChI=1S/C14H21N3O/c1-10(2)13-4-3-7-17(13)14(18)12-6-5-11(8-15)9-16-12/h5-6,9-10,13H,3-4,7-8,15H2,1-2H3. The van der Waals surface area contributed by atoms with Gasteiger partial charge in [0.2, 0.25) is 0 Å². The van der Waals surface area contributed by atoms with Crippen molar-refractivity contribution < 1.29 is 4.79 Å². The van der Waals surface area contributed by atoms with Gasteiger partial charge in [0, 0.05) is 25.3 Å². The van der Waals surface area contributed by atoms with Crippen LogP contribution in [0.4, 0.5) is 0 Å². The molecule has 0 spiro atoms. The third kappa shape index (κ3) is 2.53. The molecule has 98 valence electrons. The number of hydrogen-bond donors (Lipinski definition) is 1. The molecule has 0 radical (unpaired) electrons. The molecule has 1 fully saturated rings. The fraction of sp³-hybridized carbons (Fsp3) is 0.571. The summed E-state index contributed by atoms with van der Waals surface area (Å²) in [5, 5.41) is 0. The lowest BCUT2D eigenvalue weighted by Crippen LogP contribution is -2.38. The Kier molecular flexibility index (Phi) is 3.97. The molecule has 4 heteroatoms. The Bertz CT molecular complexity index is 414. The Morgan fingerprint density at radius 2 is 2.33 bits per heavy atom. The normalized spacial score (nSPS) is 19.6. The highest BCUT2D eigenvalue weighted by atomic mass is 16.2. The van der Waals surface area contributed by atoms with Crippen molar-refractivity contribution in [3.05, 3.63) is 29.6 Å². The highest BCUT2D eigenvalue weighted by molar-refractivity contribution is 5.92. The average molecular weight is 247 g/mol. The van der Waals surface area contributed by atoms with Crippen LogP contribution in [-0.2, 0) is 6.54 Å². The van der Waals surface area contributed by atoms with Crippen LogP contribution in [0, 0.1) is 5.92 Å². The summed E-state index contributed by atoms with van der Waals surface area (Å²) in [6.07, 6.45) is 3.88. The van der Waals surface area contributed by atoms with Crippen molar-refractivity contribution in [3.8, 4) is 0 Å². The zero-order valence-corrected chi connectivity index (χ0v) is 11.1. The third-order valence-electron chi connectivity index (χ3n) is 3.61. The highest BCUT2D eigenvalue weighted by Gasteiger charge is 2.31. The average Bonchev–Trinajstić information content (AvgIpc) is 2.87. The summed E-state index contributed by atoms with van der Waals surface area (Å²) < 4.78 is 0. The number of nitrogens with zero attached hydrogens (tertiary/aromatic N) is 2. The van der Waals surface area contributed by atoms with Gasteiger partial charge in [0.05, 0.1) is 0 Å². The second kappa shape index (κ2) is 5.48. The number of carbonyl (C=O) groups is 1. The molecule has 2 rings (SSSR count). The van der Waals surface area contributed by atoms with Crippen LogP contribution >= 0.6 is 0 Å². The molecule has 1 amide bonds. The van der Waals surface area contributed by atoms with E-state index in [-0.39, 0.29) is 5.91 Å². The number of carbonyl (C=O) groups excluding carboxylic acids is 1. The number of aromatic nitrogens is 1. The van der Waals surface area contributed by atoms with E-state index in [0.717, 1.165) is 24.9 Å². The van der Waals surface area contributed by atoms with Gasteiger partial charge in [-0.25, -0.2) is 0 Å². The zero-order valence-electron chi connectivity index (χ0n) is 11.1. The Balaban J connectivity index is 2.14. The number of pyridine rings is 1. The smallest absolute Gasteiger partial charge is 0.272 e. The highest BCUT2D eigenvalue weighted by Crippen LogP contribution is 2.25. The van der Waals surface area contributed by atoms with E-state index in [9.17, 15) is 4.79 Å². The van der Waals surface area contributed by atoms with Gasteiger partial charge in [-0.1, -0.05) is 19.9 Å². The first-order valence-electron chi connectivity index (χ1n) is 6.59. The maximum absolute atomic E-state index is 12.4. The minimum absolute atomic E-state index is 0.0507. The van der Waals surface area contributed by atoms with Gasteiger partial charge in [-0.05, 0) is 30.4 Å². The third-order valence-corrected chi connectivity index (χ3v) is 3.61. The minimum Gasteiger partial charge on any atom is -0.334 e. The van der Waals surface area contributed by atoms with Crippen LogP contribution in [0.1, 0.15) is 42.7 Å². The van der Waals surface area contributed by atoms with Crippen LogP contribution < -0.4 is 5.73 Å². The molecule has 4 nitrogen and oxygen atoms in total. The summed E-state index contributed by atoms with van der Waals surface area (Å²) in [5.74, 6) is 0.550. The summed E-state index contributed by atoms with van der Waals surface area (Å²) in [5.41, 5.74) is 7.00. The lowest BCUT2D eigenvalue weighted by Gasteiger charge is -2.27. The van der Waals surface area contributed by atoms with Gasteiger partial charge in [-0.15, -0.1) is 0 Å². The van der Waals surface area contributed by atoms with Crippen molar-refractivity contribution in [1.29, 1.82) is 0 Å². The minimum atomic E-state index is 0.0507. The fourth-order valence-electron chi connectivity index (χ4n) is 2.56. The number of rotatable bonds is 3. The molecule has 2 N–H and O–H groups in total. The van der Waals surface area contributed by atoms with E-state index in [1.165, 1.54) is 0 Å². The monoisotopic (exact) mass is 247 g/mol. The Morgan fingerprint density at radius 3 is 2.89 bits per heavy atom. The fourth-order valence-corrected chi connectivity index (χ4v) is 2.56. The van der Waals surface area contributed by atoms with Crippen molar-refractivity contribution >= 4 is 5.91 Å². The molecule has 1 atom stereocenters. The molecular formula is C14H21N3O. The van der Waals surface area contributed by atoms with E-state index in [4.69, 9.17) is 5.73 Å². The predicted octanol–water partition coefficient (Wildman–Crippen LogP) is 1.80. The molecule has 1 aliphatic heterocycles. The first kappa shape index (κ1) is 13.0. The van der Waals surface area contributed by atoms with Crippen LogP contribution in [0.5, 0.6) is 0 Å². The molecule has 0 aliphatic carbocycles. The van der Waals surface area contributed by atoms with Gasteiger partial charge < -0.3 is 10.6 Å². The summed E-state index contributed by atoms with van der Waals surface area (Å²) in [6.45, 7) is 5.64. The number of likely N-dealkylation sites (tertiary alicyclic amines) is 1. The van der Waals surface area contributed by atoms with Gasteiger partial charge in [0.1, 0.15) is 5.69 Å². The molecule has 1 aromatic heterocycles. The van der Waals surface area contributed by atoms with Crippen molar-refractivity contribution in [2.24, 2.45) is 11.7 Å². The molecule has 1 aromatic rings. The van der Waals surface area contributed by atoms with Crippen molar-refractivity contribution in [2.75, 3.05) is 6.54 Å². The second-order valence-electron chi connectivity index (χ2n) is 5.21. The van der Waals surface area contributed by atoms with E-state index in [0.29, 0.717) is 24.2 Å². The van der Waals surface area contributed by atoms with Crippen molar-refractivity contribution in [3.63, 3.8) is 0 Å². The van der Waals surface area contributed by atoms with Crippen molar-refractivity contribution in [1.82, 2.24) is 9.88 Å². The molecule has 0 saturated carbocycles. The van der Waals surface area contributed by atoms with Gasteiger partial charge in [0.15, 0.2) is 0 Å². The molecule has 18 heavy (non-hydrogen) atoms. The Labute approximate surface area is 108 Å². The van der Waals surface area contributed by atoms with Gasteiger partial charge >= 0.3 is 0 Å². The lowest BCUT2D eigenvalue weighted by molar-refractivity contribution is 0.0695. The Hall–Kier alpha value is -1.42. The summed E-state index contributed by atoms with van der Waals surface area (Å²) in [6, 6.07) is 4.01. The molecule has 0 bridgehead atoms. The first-order chi connectivity index (χ1) is 8.63. The van der Waals surface area contributed by atoms with Crippen LogP contribution in [0.25, 0.3) is 0 Å². The molecular weight excluding hydrogens is 226 g/mol. The van der Waals surface area contributed by atoms with E-state index < -0.39 is 0 Å². The van der Waals surface area contributed by atoms with Crippen LogP contribution in [0.3, 0.4) is 0 Å². The quantitative estimate of drug-likeness (QED) is 0.886. The second-order valence-corrected chi connectivity index (χ2v) is 5.21. The number of amides is 1. The Morgan fingerprint density at radius 1 is 1.56 bits per heavy atom. The van der Waals surface area contributed by atoms with Crippen LogP contribution in [0.2, 0.25) is 0 Å². The van der Waals surface area contributed by atoms with Crippen LogP contribution in [-0.4, -0.2) is 28.4 Å². The SMILES string of the molecule is CC(C)C1CCCN1C(=O)c1ccc(CN)cn1. The zero-order chi connectivity index (χ0) is 13.1. The van der Waals surface area contributed by atoms with Crippen LogP contribution in [0.15, 0.2) is 18.3 Å². The topological polar surface area (TPSA) is 59.2 Å². The molecule has 1 unspecified atom stereocenters. The maximum atomic E-state index is 12.4. The summed E-state index contributed by atoms with van der Waals surface area (Å²) >= 11 is 0. The van der Waals surface area contributed by atoms with E-state index >= 15 is 0 Å². The summed E-state index contributed by atoms with van der Waals surface area (Å²) in [7, 11) is 0. The molecule has 1 aliphatic rings. The van der Waals surface area contributed by atoms with Gasteiger partial charge in [-0.3, -0.25) is 9.78 Å². The lowest BCUT2D eigenvalue weighted by atomic mass is 10.0. The first-order valence-corrected chi connectivity index (χ1v) is 6.59. The maximum Gasteiger partial charge on any atom is 0.272 e. The molecule has 0 aromatic carbocycles. The summed E-state index contributed by atoms with van der Waals surface area (Å²) in [4.78, 5) is 18.6. The van der Waals surface area contributed by atoms with Crippen molar-refractivity contribution in [2.45, 2.75) is 39.3 Å².